The molecular formula is C13H18ClN5O. The lowest BCUT2D eigenvalue weighted by Crippen LogP contribution is -2.28. The highest BCUT2D eigenvalue weighted by Crippen LogP contribution is 2.18. The molecule has 0 aliphatic heterocycles. The van der Waals surface area contributed by atoms with Gasteiger partial charge in [0.05, 0.1) is 16.9 Å². The minimum absolute atomic E-state index is 0.141. The van der Waals surface area contributed by atoms with Gasteiger partial charge in [0.1, 0.15) is 5.69 Å². The van der Waals surface area contributed by atoms with Crippen LogP contribution in [0.4, 0.5) is 0 Å². The van der Waals surface area contributed by atoms with E-state index >= 15 is 0 Å². The Labute approximate surface area is 122 Å². The van der Waals surface area contributed by atoms with Crippen molar-refractivity contribution in [2.75, 3.05) is 7.05 Å². The van der Waals surface area contributed by atoms with Crippen molar-refractivity contribution in [2.24, 2.45) is 7.05 Å². The quantitative estimate of drug-likeness (QED) is 0.865. The molecule has 0 bridgehead atoms. The molecule has 20 heavy (non-hydrogen) atoms. The van der Waals surface area contributed by atoms with Gasteiger partial charge in [-0.25, -0.2) is 0 Å². The zero-order chi connectivity index (χ0) is 14.9. The summed E-state index contributed by atoms with van der Waals surface area (Å²) in [5, 5.41) is 8.74. The number of aryl methyl sites for hydroxylation is 3. The molecule has 2 heterocycles. The first-order chi connectivity index (χ1) is 9.43. The summed E-state index contributed by atoms with van der Waals surface area (Å²) in [5.41, 5.74) is 2.36. The van der Waals surface area contributed by atoms with E-state index in [1.54, 1.807) is 21.3 Å². The van der Waals surface area contributed by atoms with Crippen molar-refractivity contribution in [3.05, 3.63) is 34.4 Å². The Balaban J connectivity index is 2.20. The largest absolute Gasteiger partial charge is 0.336 e. The van der Waals surface area contributed by atoms with Gasteiger partial charge in [-0.3, -0.25) is 14.2 Å². The van der Waals surface area contributed by atoms with Crippen molar-refractivity contribution in [1.29, 1.82) is 0 Å². The summed E-state index contributed by atoms with van der Waals surface area (Å²) in [5.74, 6) is -0.141. The molecule has 0 aliphatic carbocycles. The van der Waals surface area contributed by atoms with Gasteiger partial charge in [-0.15, -0.1) is 0 Å². The summed E-state index contributed by atoms with van der Waals surface area (Å²) in [4.78, 5) is 14.1. The van der Waals surface area contributed by atoms with Crippen LogP contribution in [0.1, 0.15) is 28.7 Å². The van der Waals surface area contributed by atoms with Crippen molar-refractivity contribution in [3.63, 3.8) is 0 Å². The molecule has 6 nitrogen and oxygen atoms in total. The van der Waals surface area contributed by atoms with Crippen molar-refractivity contribution in [2.45, 2.75) is 26.9 Å². The van der Waals surface area contributed by atoms with E-state index in [0.29, 0.717) is 23.8 Å². The number of carbonyl (C=O) groups excluding carboxylic acids is 1. The zero-order valence-electron chi connectivity index (χ0n) is 12.1. The number of rotatable bonds is 4. The molecule has 0 aromatic carbocycles. The number of aromatic nitrogens is 4. The maximum absolute atomic E-state index is 12.5. The van der Waals surface area contributed by atoms with E-state index in [9.17, 15) is 4.79 Å². The second kappa shape index (κ2) is 5.66. The Morgan fingerprint density at radius 2 is 2.20 bits per heavy atom. The number of carbonyl (C=O) groups is 1. The van der Waals surface area contributed by atoms with E-state index in [-0.39, 0.29) is 5.91 Å². The summed E-state index contributed by atoms with van der Waals surface area (Å²) in [6, 6.07) is 0. The van der Waals surface area contributed by atoms with Crippen LogP contribution < -0.4 is 0 Å². The molecule has 2 aromatic rings. The van der Waals surface area contributed by atoms with Gasteiger partial charge >= 0.3 is 0 Å². The molecule has 0 N–H and O–H groups in total. The number of hydrogen-bond donors (Lipinski definition) is 0. The highest BCUT2D eigenvalue weighted by Gasteiger charge is 2.21. The number of amides is 1. The lowest BCUT2D eigenvalue weighted by atomic mass is 10.2. The third kappa shape index (κ3) is 2.70. The van der Waals surface area contributed by atoms with Gasteiger partial charge in [0.25, 0.3) is 5.91 Å². The Morgan fingerprint density at radius 3 is 2.75 bits per heavy atom. The summed E-state index contributed by atoms with van der Waals surface area (Å²) in [7, 11) is 3.61. The van der Waals surface area contributed by atoms with Gasteiger partial charge in [0.2, 0.25) is 0 Å². The highest BCUT2D eigenvalue weighted by molar-refractivity contribution is 6.33. The van der Waals surface area contributed by atoms with Crippen LogP contribution in [0, 0.1) is 6.92 Å². The lowest BCUT2D eigenvalue weighted by Gasteiger charge is -2.17. The van der Waals surface area contributed by atoms with Crippen LogP contribution in [0.5, 0.6) is 0 Å². The molecule has 2 aromatic heterocycles. The average molecular weight is 296 g/mol. The summed E-state index contributed by atoms with van der Waals surface area (Å²) in [6.45, 7) is 4.94. The van der Waals surface area contributed by atoms with Crippen LogP contribution in [0.2, 0.25) is 5.02 Å². The molecule has 0 fully saturated rings. The maximum Gasteiger partial charge on any atom is 0.273 e. The van der Waals surface area contributed by atoms with Gasteiger partial charge < -0.3 is 4.90 Å². The van der Waals surface area contributed by atoms with Crippen LogP contribution in [0.25, 0.3) is 0 Å². The van der Waals surface area contributed by atoms with E-state index in [1.165, 1.54) is 6.20 Å². The van der Waals surface area contributed by atoms with Crippen molar-refractivity contribution in [1.82, 2.24) is 24.5 Å². The first kappa shape index (κ1) is 14.6. The van der Waals surface area contributed by atoms with Crippen LogP contribution in [0.3, 0.4) is 0 Å². The smallest absolute Gasteiger partial charge is 0.273 e. The Hall–Kier alpha value is -1.82. The first-order valence-corrected chi connectivity index (χ1v) is 6.77. The highest BCUT2D eigenvalue weighted by atomic mass is 35.5. The fourth-order valence-corrected chi connectivity index (χ4v) is 2.35. The molecule has 7 heteroatoms. The minimum atomic E-state index is -0.141. The molecule has 1 amide bonds. The predicted octanol–water partition coefficient (Wildman–Crippen LogP) is 1.87. The average Bonchev–Trinajstić information content (AvgIpc) is 2.91. The lowest BCUT2D eigenvalue weighted by molar-refractivity contribution is 0.0773. The topological polar surface area (TPSA) is 56.0 Å². The number of nitrogens with zero attached hydrogens (tertiary/aromatic N) is 5. The Morgan fingerprint density at radius 1 is 1.50 bits per heavy atom. The minimum Gasteiger partial charge on any atom is -0.336 e. The van der Waals surface area contributed by atoms with E-state index < -0.39 is 0 Å². The number of halogens is 1. The SMILES string of the molecule is CCn1ncc(Cl)c1C(=O)N(C)Cc1cn(C)nc1C. The summed E-state index contributed by atoms with van der Waals surface area (Å²) in [6.07, 6.45) is 3.42. The molecule has 0 spiro atoms. The molecule has 2 rings (SSSR count). The first-order valence-electron chi connectivity index (χ1n) is 6.40. The van der Waals surface area contributed by atoms with E-state index in [0.717, 1.165) is 11.3 Å². The van der Waals surface area contributed by atoms with Crippen LogP contribution >= 0.6 is 11.6 Å². The second-order valence-electron chi connectivity index (χ2n) is 4.73. The van der Waals surface area contributed by atoms with Gasteiger partial charge in [-0.1, -0.05) is 11.6 Å². The summed E-state index contributed by atoms with van der Waals surface area (Å²) < 4.78 is 3.35. The van der Waals surface area contributed by atoms with E-state index in [2.05, 4.69) is 10.2 Å². The van der Waals surface area contributed by atoms with Crippen molar-refractivity contribution < 1.29 is 4.79 Å². The fourth-order valence-electron chi connectivity index (χ4n) is 2.13. The normalized spacial score (nSPS) is 10.8. The Bertz CT molecular complexity index is 631. The molecule has 0 unspecified atom stereocenters. The third-order valence-corrected chi connectivity index (χ3v) is 3.44. The molecule has 108 valence electrons. The van der Waals surface area contributed by atoms with Gasteiger partial charge in [0, 0.05) is 38.9 Å². The van der Waals surface area contributed by atoms with Gasteiger partial charge in [-0.2, -0.15) is 10.2 Å². The van der Waals surface area contributed by atoms with Gasteiger partial charge in [0.15, 0.2) is 0 Å². The molecule has 0 aliphatic rings. The standard InChI is InChI=1S/C13H18ClN5O/c1-5-19-12(11(14)6-15-19)13(20)17(3)7-10-8-18(4)16-9(10)2/h6,8H,5,7H2,1-4H3. The molecule has 0 atom stereocenters. The molecule has 0 radical (unpaired) electrons. The molecule has 0 saturated heterocycles. The third-order valence-electron chi connectivity index (χ3n) is 3.17. The summed E-state index contributed by atoms with van der Waals surface area (Å²) >= 11 is 6.05. The van der Waals surface area contributed by atoms with Crippen LogP contribution in [-0.2, 0) is 20.1 Å². The number of hydrogen-bond acceptors (Lipinski definition) is 3. The molecular weight excluding hydrogens is 278 g/mol. The van der Waals surface area contributed by atoms with Crippen molar-refractivity contribution >= 4 is 17.5 Å². The zero-order valence-corrected chi connectivity index (χ0v) is 12.8. The second-order valence-corrected chi connectivity index (χ2v) is 5.14. The maximum atomic E-state index is 12.5. The fraction of sp³-hybridized carbons (Fsp3) is 0.462. The van der Waals surface area contributed by atoms with E-state index in [4.69, 9.17) is 11.6 Å². The van der Waals surface area contributed by atoms with Crippen molar-refractivity contribution in [3.8, 4) is 0 Å². The van der Waals surface area contributed by atoms with Crippen LogP contribution in [0.15, 0.2) is 12.4 Å². The van der Waals surface area contributed by atoms with Crippen LogP contribution in [-0.4, -0.2) is 37.4 Å². The van der Waals surface area contributed by atoms with E-state index in [1.807, 2.05) is 27.1 Å². The molecule has 0 saturated carbocycles. The van der Waals surface area contributed by atoms with Gasteiger partial charge in [-0.05, 0) is 13.8 Å². The predicted molar refractivity (Wildman–Crippen MR) is 76.7 cm³/mol. The monoisotopic (exact) mass is 295 g/mol. The Kier molecular flexibility index (Phi) is 4.13.